The van der Waals surface area contributed by atoms with Crippen molar-refractivity contribution in [3.05, 3.63) is 64.1 Å². The molecule has 128 valence electrons. The topological polar surface area (TPSA) is 66.9 Å². The fraction of sp³-hybridized carbons (Fsp3) is 0.118. The highest BCUT2D eigenvalue weighted by Gasteiger charge is 2.46. The van der Waals surface area contributed by atoms with Gasteiger partial charge in [0, 0.05) is 12.7 Å². The van der Waals surface area contributed by atoms with Crippen molar-refractivity contribution >= 4 is 46.8 Å². The number of nitrogens with zero attached hydrogens (tertiary/aromatic N) is 2. The van der Waals surface area contributed by atoms with Crippen LogP contribution in [0.15, 0.2) is 48.5 Å². The van der Waals surface area contributed by atoms with Gasteiger partial charge in [-0.25, -0.2) is 14.5 Å². The number of halogens is 2. The summed E-state index contributed by atoms with van der Waals surface area (Å²) in [5.41, 5.74) is 0.564. The number of carbonyl (C=O) groups is 3. The molecule has 1 atom stereocenters. The van der Waals surface area contributed by atoms with E-state index in [0.29, 0.717) is 5.69 Å². The van der Waals surface area contributed by atoms with Gasteiger partial charge < -0.3 is 4.74 Å². The van der Waals surface area contributed by atoms with Crippen molar-refractivity contribution in [2.75, 3.05) is 11.9 Å². The number of hydrogen-bond acceptors (Lipinski definition) is 4. The van der Waals surface area contributed by atoms with Crippen molar-refractivity contribution in [1.82, 2.24) is 4.90 Å². The van der Waals surface area contributed by atoms with E-state index in [0.717, 1.165) is 9.80 Å². The lowest BCUT2D eigenvalue weighted by Crippen LogP contribution is -2.38. The van der Waals surface area contributed by atoms with Crippen molar-refractivity contribution in [2.45, 2.75) is 6.23 Å². The van der Waals surface area contributed by atoms with Crippen LogP contribution in [-0.4, -0.2) is 36.1 Å². The Balaban J connectivity index is 1.90. The van der Waals surface area contributed by atoms with Crippen LogP contribution in [0.5, 0.6) is 0 Å². The van der Waals surface area contributed by atoms with Crippen LogP contribution in [0.1, 0.15) is 10.4 Å². The van der Waals surface area contributed by atoms with Gasteiger partial charge in [0.05, 0.1) is 15.6 Å². The molecule has 1 heterocycles. The van der Waals surface area contributed by atoms with Gasteiger partial charge in [-0.15, -0.1) is 0 Å². The van der Waals surface area contributed by atoms with E-state index in [1.165, 1.54) is 25.2 Å². The number of hydrogen-bond donors (Lipinski definition) is 0. The van der Waals surface area contributed by atoms with Crippen molar-refractivity contribution in [2.24, 2.45) is 0 Å². The van der Waals surface area contributed by atoms with Gasteiger partial charge in [-0.3, -0.25) is 9.69 Å². The Morgan fingerprint density at radius 3 is 2.36 bits per heavy atom. The molecular formula is C17H12Cl2N2O4. The Morgan fingerprint density at radius 2 is 1.72 bits per heavy atom. The molecule has 0 radical (unpaired) electrons. The third-order valence-corrected chi connectivity index (χ3v) is 4.42. The lowest BCUT2D eigenvalue weighted by Gasteiger charge is -2.21. The van der Waals surface area contributed by atoms with Crippen LogP contribution >= 0.6 is 23.2 Å². The number of para-hydroxylation sites is 1. The van der Waals surface area contributed by atoms with Gasteiger partial charge in [-0.2, -0.15) is 0 Å². The molecule has 3 rings (SSSR count). The number of rotatable bonds is 3. The zero-order valence-electron chi connectivity index (χ0n) is 13.0. The SMILES string of the molecule is CN1C(=O)C(OC(=O)c2ccc(Cl)c(Cl)c2)N(c2ccccc2)C1=O. The van der Waals surface area contributed by atoms with Gasteiger partial charge in [0.2, 0.25) is 0 Å². The van der Waals surface area contributed by atoms with E-state index < -0.39 is 24.1 Å². The molecule has 0 aromatic heterocycles. The van der Waals surface area contributed by atoms with Gasteiger partial charge in [-0.05, 0) is 30.3 Å². The summed E-state index contributed by atoms with van der Waals surface area (Å²) in [5.74, 6) is -1.43. The lowest BCUT2D eigenvalue weighted by molar-refractivity contribution is -0.132. The largest absolute Gasteiger partial charge is 0.428 e. The number of imide groups is 1. The van der Waals surface area contributed by atoms with E-state index in [4.69, 9.17) is 27.9 Å². The summed E-state index contributed by atoms with van der Waals surface area (Å²) >= 11 is 11.7. The van der Waals surface area contributed by atoms with E-state index >= 15 is 0 Å². The number of ether oxygens (including phenoxy) is 1. The van der Waals surface area contributed by atoms with E-state index in [1.807, 2.05) is 0 Å². The minimum Gasteiger partial charge on any atom is -0.428 e. The molecule has 0 spiro atoms. The fourth-order valence-electron chi connectivity index (χ4n) is 2.36. The second-order valence-corrected chi connectivity index (χ2v) is 6.09. The first-order chi connectivity index (χ1) is 11.9. The van der Waals surface area contributed by atoms with Crippen LogP contribution in [0, 0.1) is 0 Å². The minimum absolute atomic E-state index is 0.122. The molecule has 1 saturated heterocycles. The molecule has 1 fully saturated rings. The molecule has 8 heteroatoms. The average molecular weight is 379 g/mol. The maximum absolute atomic E-state index is 12.4. The molecule has 1 aliphatic heterocycles. The number of benzene rings is 2. The molecule has 3 amide bonds. The van der Waals surface area contributed by atoms with Gasteiger partial charge in [0.15, 0.2) is 0 Å². The van der Waals surface area contributed by atoms with Crippen LogP contribution < -0.4 is 4.90 Å². The summed E-state index contributed by atoms with van der Waals surface area (Å²) in [6.45, 7) is 0. The van der Waals surface area contributed by atoms with Gasteiger partial charge in [0.25, 0.3) is 12.1 Å². The standard InChI is InChI=1S/C17H12Cl2N2O4/c1-20-14(22)15(21(17(20)24)11-5-3-2-4-6-11)25-16(23)10-7-8-12(18)13(19)9-10/h2-9,15H,1H3. The Morgan fingerprint density at radius 1 is 1.04 bits per heavy atom. The highest BCUT2D eigenvalue weighted by molar-refractivity contribution is 6.42. The van der Waals surface area contributed by atoms with Gasteiger partial charge in [-0.1, -0.05) is 41.4 Å². The normalized spacial score (nSPS) is 17.2. The van der Waals surface area contributed by atoms with E-state index in [-0.39, 0.29) is 15.6 Å². The maximum atomic E-state index is 12.4. The third kappa shape index (κ3) is 3.18. The first-order valence-corrected chi connectivity index (χ1v) is 7.97. The second kappa shape index (κ2) is 6.74. The molecule has 6 nitrogen and oxygen atoms in total. The number of likely N-dealkylation sites (N-methyl/N-ethyl adjacent to an activating group) is 1. The highest BCUT2D eigenvalue weighted by atomic mass is 35.5. The maximum Gasteiger partial charge on any atom is 0.340 e. The monoisotopic (exact) mass is 378 g/mol. The van der Waals surface area contributed by atoms with E-state index in [1.54, 1.807) is 30.3 Å². The molecule has 0 bridgehead atoms. The molecule has 0 aliphatic carbocycles. The zero-order valence-corrected chi connectivity index (χ0v) is 14.5. The molecule has 1 unspecified atom stereocenters. The Hall–Kier alpha value is -2.57. The van der Waals surface area contributed by atoms with Crippen molar-refractivity contribution in [3.63, 3.8) is 0 Å². The Labute approximate surface area is 153 Å². The molecule has 1 aliphatic rings. The Bertz CT molecular complexity index is 857. The van der Waals surface area contributed by atoms with Crippen LogP contribution in [0.4, 0.5) is 10.5 Å². The number of anilines is 1. The smallest absolute Gasteiger partial charge is 0.340 e. The fourth-order valence-corrected chi connectivity index (χ4v) is 2.66. The van der Waals surface area contributed by atoms with Crippen LogP contribution in [0.2, 0.25) is 10.0 Å². The van der Waals surface area contributed by atoms with Crippen molar-refractivity contribution in [1.29, 1.82) is 0 Å². The molecule has 2 aromatic rings. The summed E-state index contributed by atoms with van der Waals surface area (Å²) < 4.78 is 5.29. The second-order valence-electron chi connectivity index (χ2n) is 5.27. The predicted molar refractivity (Wildman–Crippen MR) is 92.8 cm³/mol. The van der Waals surface area contributed by atoms with Crippen LogP contribution in [0.3, 0.4) is 0 Å². The number of carbonyl (C=O) groups excluding carboxylic acids is 3. The summed E-state index contributed by atoms with van der Waals surface area (Å²) in [6, 6.07) is 12.1. The molecular weight excluding hydrogens is 367 g/mol. The predicted octanol–water partition coefficient (Wildman–Crippen LogP) is 3.57. The Kier molecular flexibility index (Phi) is 4.65. The van der Waals surface area contributed by atoms with Crippen molar-refractivity contribution < 1.29 is 19.1 Å². The summed E-state index contributed by atoms with van der Waals surface area (Å²) in [5, 5.41) is 0.470. The van der Waals surface area contributed by atoms with Gasteiger partial charge >= 0.3 is 12.0 Å². The van der Waals surface area contributed by atoms with Crippen molar-refractivity contribution in [3.8, 4) is 0 Å². The molecule has 2 aromatic carbocycles. The van der Waals surface area contributed by atoms with Crippen LogP contribution in [0.25, 0.3) is 0 Å². The quantitative estimate of drug-likeness (QED) is 0.604. The molecule has 0 saturated carbocycles. The zero-order chi connectivity index (χ0) is 18.1. The minimum atomic E-state index is -1.39. The summed E-state index contributed by atoms with van der Waals surface area (Å²) in [7, 11) is 1.33. The van der Waals surface area contributed by atoms with Crippen LogP contribution in [-0.2, 0) is 9.53 Å². The van der Waals surface area contributed by atoms with E-state index in [2.05, 4.69) is 0 Å². The highest BCUT2D eigenvalue weighted by Crippen LogP contribution is 2.27. The summed E-state index contributed by atoms with van der Waals surface area (Å²) in [6.07, 6.45) is -1.39. The number of urea groups is 1. The average Bonchev–Trinajstić information content (AvgIpc) is 2.82. The first-order valence-electron chi connectivity index (χ1n) is 7.22. The van der Waals surface area contributed by atoms with Gasteiger partial charge in [0.1, 0.15) is 0 Å². The third-order valence-electron chi connectivity index (χ3n) is 3.68. The summed E-state index contributed by atoms with van der Waals surface area (Å²) in [4.78, 5) is 39.1. The van der Waals surface area contributed by atoms with E-state index in [9.17, 15) is 14.4 Å². The lowest BCUT2D eigenvalue weighted by atomic mass is 10.2. The molecule has 25 heavy (non-hydrogen) atoms. The first kappa shape index (κ1) is 17.3. The molecule has 0 N–H and O–H groups in total. The number of amides is 3. The number of esters is 1.